The van der Waals surface area contributed by atoms with Crippen molar-refractivity contribution in [2.75, 3.05) is 6.54 Å². The van der Waals surface area contributed by atoms with Gasteiger partial charge in [-0.3, -0.25) is 0 Å². The lowest BCUT2D eigenvalue weighted by atomic mass is 9.86. The molecular weight excluding hydrogens is 282 g/mol. The second-order valence-corrected chi connectivity index (χ2v) is 6.83. The van der Waals surface area contributed by atoms with Gasteiger partial charge in [0.1, 0.15) is 0 Å². The SMILES string of the molecule is C=CC(C)(CNC1CC1)Cc1cc(Br)cs1. The Bertz CT molecular complexity index is 370. The van der Waals surface area contributed by atoms with Gasteiger partial charge in [0.15, 0.2) is 0 Å². The molecule has 1 fully saturated rings. The summed E-state index contributed by atoms with van der Waals surface area (Å²) in [5.41, 5.74) is 0.173. The first-order valence-electron chi connectivity index (χ1n) is 5.71. The van der Waals surface area contributed by atoms with Crippen LogP contribution in [0.4, 0.5) is 0 Å². The molecule has 1 atom stereocenters. The fourth-order valence-electron chi connectivity index (χ4n) is 1.72. The predicted molar refractivity (Wildman–Crippen MR) is 75.1 cm³/mol. The second kappa shape index (κ2) is 5.03. The smallest absolute Gasteiger partial charge is 0.0285 e. The summed E-state index contributed by atoms with van der Waals surface area (Å²) in [5, 5.41) is 5.74. The Labute approximate surface area is 110 Å². The van der Waals surface area contributed by atoms with Gasteiger partial charge in [-0.2, -0.15) is 0 Å². The third-order valence-electron chi connectivity index (χ3n) is 3.06. The van der Waals surface area contributed by atoms with Gasteiger partial charge in [-0.15, -0.1) is 17.9 Å². The monoisotopic (exact) mass is 299 g/mol. The van der Waals surface area contributed by atoms with Crippen molar-refractivity contribution in [3.05, 3.63) is 33.5 Å². The molecule has 0 amide bonds. The third-order valence-corrected chi connectivity index (χ3v) is 4.76. The minimum Gasteiger partial charge on any atom is -0.313 e. The summed E-state index contributed by atoms with van der Waals surface area (Å²) in [5.74, 6) is 0. The van der Waals surface area contributed by atoms with E-state index in [2.05, 4.69) is 52.3 Å². The highest BCUT2D eigenvalue weighted by Crippen LogP contribution is 2.30. The number of rotatable bonds is 6. The van der Waals surface area contributed by atoms with E-state index in [1.54, 1.807) is 0 Å². The minimum absolute atomic E-state index is 0.173. The van der Waals surface area contributed by atoms with Crippen molar-refractivity contribution in [3.8, 4) is 0 Å². The van der Waals surface area contributed by atoms with Gasteiger partial charge in [0.2, 0.25) is 0 Å². The van der Waals surface area contributed by atoms with Gasteiger partial charge >= 0.3 is 0 Å². The lowest BCUT2D eigenvalue weighted by molar-refractivity contribution is 0.392. The Kier molecular flexibility index (Phi) is 3.88. The van der Waals surface area contributed by atoms with Crippen molar-refractivity contribution in [1.82, 2.24) is 5.32 Å². The van der Waals surface area contributed by atoms with Crippen LogP contribution in [0.1, 0.15) is 24.6 Å². The average molecular weight is 300 g/mol. The van der Waals surface area contributed by atoms with Crippen molar-refractivity contribution in [2.24, 2.45) is 5.41 Å². The molecule has 1 unspecified atom stereocenters. The van der Waals surface area contributed by atoms with Crippen molar-refractivity contribution < 1.29 is 0 Å². The molecule has 0 saturated heterocycles. The molecule has 0 radical (unpaired) electrons. The molecule has 1 nitrogen and oxygen atoms in total. The Morgan fingerprint density at radius 2 is 2.44 bits per heavy atom. The van der Waals surface area contributed by atoms with Gasteiger partial charge in [0.25, 0.3) is 0 Å². The highest BCUT2D eigenvalue weighted by Gasteiger charge is 2.26. The Morgan fingerprint density at radius 3 is 2.94 bits per heavy atom. The fourth-order valence-corrected chi connectivity index (χ4v) is 3.36. The molecule has 88 valence electrons. The lowest BCUT2D eigenvalue weighted by Crippen LogP contribution is -2.33. The number of hydrogen-bond donors (Lipinski definition) is 1. The molecule has 0 aliphatic heterocycles. The summed E-state index contributed by atoms with van der Waals surface area (Å²) in [6.45, 7) is 7.31. The highest BCUT2D eigenvalue weighted by atomic mass is 79.9. The van der Waals surface area contributed by atoms with E-state index < -0.39 is 0 Å². The third kappa shape index (κ3) is 3.44. The van der Waals surface area contributed by atoms with Crippen LogP contribution >= 0.6 is 27.3 Å². The van der Waals surface area contributed by atoms with Crippen molar-refractivity contribution in [1.29, 1.82) is 0 Å². The first-order chi connectivity index (χ1) is 7.61. The number of hydrogen-bond acceptors (Lipinski definition) is 2. The molecule has 1 heterocycles. The van der Waals surface area contributed by atoms with Crippen LogP contribution in [0.2, 0.25) is 0 Å². The summed E-state index contributed by atoms with van der Waals surface area (Å²) >= 11 is 5.32. The zero-order valence-electron chi connectivity index (χ0n) is 9.63. The molecule has 0 bridgehead atoms. The summed E-state index contributed by atoms with van der Waals surface area (Å²) in [7, 11) is 0. The van der Waals surface area contributed by atoms with Crippen LogP contribution in [0.5, 0.6) is 0 Å². The van der Waals surface area contributed by atoms with Crippen LogP contribution in [-0.2, 0) is 6.42 Å². The van der Waals surface area contributed by atoms with Crippen LogP contribution in [0, 0.1) is 5.41 Å². The largest absolute Gasteiger partial charge is 0.313 e. The Morgan fingerprint density at radius 1 is 1.69 bits per heavy atom. The molecular formula is C13H18BrNS. The first kappa shape index (κ1) is 12.3. The minimum atomic E-state index is 0.173. The fraction of sp³-hybridized carbons (Fsp3) is 0.538. The van der Waals surface area contributed by atoms with E-state index in [1.165, 1.54) is 22.2 Å². The molecule has 1 N–H and O–H groups in total. The molecule has 1 aliphatic carbocycles. The van der Waals surface area contributed by atoms with Crippen LogP contribution in [0.15, 0.2) is 28.6 Å². The summed E-state index contributed by atoms with van der Waals surface area (Å²) in [6, 6.07) is 2.98. The zero-order chi connectivity index (χ0) is 11.6. The topological polar surface area (TPSA) is 12.0 Å². The molecule has 1 saturated carbocycles. The van der Waals surface area contributed by atoms with E-state index in [4.69, 9.17) is 0 Å². The number of halogens is 1. The van der Waals surface area contributed by atoms with E-state index in [0.717, 1.165) is 19.0 Å². The second-order valence-electron chi connectivity index (χ2n) is 4.92. The quantitative estimate of drug-likeness (QED) is 0.783. The maximum atomic E-state index is 3.99. The number of thiophene rings is 1. The highest BCUT2D eigenvalue weighted by molar-refractivity contribution is 9.10. The standard InChI is InChI=1S/C13H18BrNS/c1-3-13(2,9-15-11-4-5-11)7-12-6-10(14)8-16-12/h3,6,8,11,15H,1,4-5,7,9H2,2H3. The van der Waals surface area contributed by atoms with Gasteiger partial charge < -0.3 is 5.32 Å². The average Bonchev–Trinajstić information content (AvgIpc) is 3.01. The van der Waals surface area contributed by atoms with Crippen LogP contribution in [-0.4, -0.2) is 12.6 Å². The summed E-state index contributed by atoms with van der Waals surface area (Å²) in [4.78, 5) is 1.42. The Hall–Kier alpha value is -0.120. The van der Waals surface area contributed by atoms with E-state index in [-0.39, 0.29) is 5.41 Å². The molecule has 1 aliphatic rings. The van der Waals surface area contributed by atoms with E-state index in [1.807, 2.05) is 11.3 Å². The maximum absolute atomic E-state index is 3.99. The van der Waals surface area contributed by atoms with Crippen LogP contribution in [0.25, 0.3) is 0 Å². The predicted octanol–water partition coefficient (Wildman–Crippen LogP) is 4.00. The molecule has 0 spiro atoms. The maximum Gasteiger partial charge on any atom is 0.0285 e. The molecule has 2 rings (SSSR count). The summed E-state index contributed by atoms with van der Waals surface area (Å²) < 4.78 is 1.19. The molecule has 0 aromatic carbocycles. The molecule has 1 aromatic rings. The van der Waals surface area contributed by atoms with E-state index in [9.17, 15) is 0 Å². The molecule has 1 aromatic heterocycles. The van der Waals surface area contributed by atoms with Gasteiger partial charge in [0, 0.05) is 32.7 Å². The normalized spacial score (nSPS) is 19.4. The summed E-state index contributed by atoms with van der Waals surface area (Å²) in [6.07, 6.45) is 5.86. The van der Waals surface area contributed by atoms with Crippen molar-refractivity contribution >= 4 is 27.3 Å². The Balaban J connectivity index is 1.93. The lowest BCUT2D eigenvalue weighted by Gasteiger charge is -2.25. The van der Waals surface area contributed by atoms with Gasteiger partial charge in [-0.1, -0.05) is 13.0 Å². The van der Waals surface area contributed by atoms with E-state index >= 15 is 0 Å². The molecule has 3 heteroatoms. The van der Waals surface area contributed by atoms with Crippen molar-refractivity contribution in [3.63, 3.8) is 0 Å². The molecule has 16 heavy (non-hydrogen) atoms. The van der Waals surface area contributed by atoms with Crippen molar-refractivity contribution in [2.45, 2.75) is 32.2 Å². The van der Waals surface area contributed by atoms with Gasteiger partial charge in [0.05, 0.1) is 0 Å². The van der Waals surface area contributed by atoms with Crippen LogP contribution in [0.3, 0.4) is 0 Å². The number of nitrogens with one attached hydrogen (secondary N) is 1. The van der Waals surface area contributed by atoms with E-state index in [0.29, 0.717) is 0 Å². The van der Waals surface area contributed by atoms with Gasteiger partial charge in [-0.05, 0) is 41.3 Å². The van der Waals surface area contributed by atoms with Gasteiger partial charge in [-0.25, -0.2) is 0 Å². The first-order valence-corrected chi connectivity index (χ1v) is 7.38. The zero-order valence-corrected chi connectivity index (χ0v) is 12.0. The van der Waals surface area contributed by atoms with Crippen LogP contribution < -0.4 is 5.32 Å².